The molecule has 3 aromatic carbocycles. The maximum absolute atomic E-state index is 14.7. The minimum absolute atomic E-state index is 0.230. The summed E-state index contributed by atoms with van der Waals surface area (Å²) in [7, 11) is 0. The van der Waals surface area contributed by atoms with Crippen molar-refractivity contribution in [2.24, 2.45) is 0 Å². The van der Waals surface area contributed by atoms with E-state index in [1.807, 2.05) is 13.0 Å². The Balaban J connectivity index is 1.74. The molecule has 0 unspecified atom stereocenters. The molecule has 0 heterocycles. The first kappa shape index (κ1) is 18.5. The standard InChI is InChI=1S/C24H18F4/c1-2-14-3-7-19(22(26)9-14)16-5-4-15-11-20(23(27)13-18(15)10-16)17-6-8-21(25)24(28)12-17/h3,6-13H,2,4-5H2,1H3. The maximum Gasteiger partial charge on any atom is 0.159 e. The van der Waals surface area contributed by atoms with Crippen molar-refractivity contribution in [2.45, 2.75) is 26.2 Å². The molecule has 0 bridgehead atoms. The molecule has 0 atom stereocenters. The van der Waals surface area contributed by atoms with Gasteiger partial charge in [0, 0.05) is 11.1 Å². The molecule has 0 spiro atoms. The lowest BCUT2D eigenvalue weighted by Crippen LogP contribution is -2.03. The van der Waals surface area contributed by atoms with Gasteiger partial charge >= 0.3 is 0 Å². The molecule has 0 nitrogen and oxygen atoms in total. The SMILES string of the molecule is CCc1ccc(C2=Cc3cc(F)c(-c4ccc(F)c(F)c4)cc3CC2)c(F)c1. The van der Waals surface area contributed by atoms with Crippen molar-refractivity contribution in [1.82, 2.24) is 0 Å². The third-order valence-electron chi connectivity index (χ3n) is 5.24. The second kappa shape index (κ2) is 7.27. The summed E-state index contributed by atoms with van der Waals surface area (Å²) in [6.45, 7) is 1.97. The fourth-order valence-electron chi connectivity index (χ4n) is 3.65. The third kappa shape index (κ3) is 3.35. The number of rotatable bonds is 3. The van der Waals surface area contributed by atoms with Gasteiger partial charge in [0.05, 0.1) is 0 Å². The number of aryl methyl sites for hydroxylation is 2. The summed E-state index contributed by atoms with van der Waals surface area (Å²) in [5.41, 5.74) is 4.39. The van der Waals surface area contributed by atoms with E-state index in [9.17, 15) is 17.6 Å². The molecule has 0 aromatic heterocycles. The van der Waals surface area contributed by atoms with Crippen molar-refractivity contribution in [3.63, 3.8) is 0 Å². The molecular weight excluding hydrogens is 364 g/mol. The largest absolute Gasteiger partial charge is 0.206 e. The van der Waals surface area contributed by atoms with E-state index in [1.165, 1.54) is 12.1 Å². The van der Waals surface area contributed by atoms with Crippen LogP contribution in [0.4, 0.5) is 17.6 Å². The Labute approximate surface area is 161 Å². The van der Waals surface area contributed by atoms with Gasteiger partial charge in [-0.1, -0.05) is 31.2 Å². The lowest BCUT2D eigenvalue weighted by atomic mass is 9.86. The molecule has 142 valence electrons. The highest BCUT2D eigenvalue weighted by molar-refractivity contribution is 5.85. The molecule has 1 aliphatic carbocycles. The van der Waals surface area contributed by atoms with Crippen molar-refractivity contribution < 1.29 is 17.6 Å². The molecule has 4 heteroatoms. The van der Waals surface area contributed by atoms with Crippen LogP contribution in [0, 0.1) is 23.3 Å². The zero-order chi connectivity index (χ0) is 19.8. The molecule has 0 N–H and O–H groups in total. The number of fused-ring (bicyclic) bond motifs is 1. The zero-order valence-electron chi connectivity index (χ0n) is 15.3. The monoisotopic (exact) mass is 382 g/mol. The summed E-state index contributed by atoms with van der Waals surface area (Å²) in [6, 6.07) is 11.6. The van der Waals surface area contributed by atoms with Gasteiger partial charge in [0.1, 0.15) is 11.6 Å². The van der Waals surface area contributed by atoms with E-state index in [2.05, 4.69) is 0 Å². The first-order chi connectivity index (χ1) is 13.5. The number of hydrogen-bond acceptors (Lipinski definition) is 0. The van der Waals surface area contributed by atoms with Gasteiger partial charge in [-0.05, 0) is 77.4 Å². The van der Waals surface area contributed by atoms with Crippen LogP contribution in [0.1, 0.15) is 35.6 Å². The van der Waals surface area contributed by atoms with Crippen molar-refractivity contribution >= 4 is 11.6 Å². The lowest BCUT2D eigenvalue weighted by molar-refractivity contribution is 0.509. The quantitative estimate of drug-likeness (QED) is 0.430. The molecule has 4 rings (SSSR count). The highest BCUT2D eigenvalue weighted by Crippen LogP contribution is 2.35. The average molecular weight is 382 g/mol. The van der Waals surface area contributed by atoms with Crippen molar-refractivity contribution in [2.75, 3.05) is 0 Å². The van der Waals surface area contributed by atoms with Gasteiger partial charge in [0.25, 0.3) is 0 Å². The van der Waals surface area contributed by atoms with Gasteiger partial charge in [0.2, 0.25) is 0 Å². The second-order valence-corrected chi connectivity index (χ2v) is 7.00. The van der Waals surface area contributed by atoms with Crippen LogP contribution in [0.5, 0.6) is 0 Å². The lowest BCUT2D eigenvalue weighted by Gasteiger charge is -2.19. The highest BCUT2D eigenvalue weighted by atomic mass is 19.2. The summed E-state index contributed by atoms with van der Waals surface area (Å²) in [6.07, 6.45) is 3.81. The molecule has 0 saturated heterocycles. The van der Waals surface area contributed by atoms with Gasteiger partial charge in [0.15, 0.2) is 11.6 Å². The first-order valence-electron chi connectivity index (χ1n) is 9.23. The van der Waals surface area contributed by atoms with Gasteiger partial charge in [-0.2, -0.15) is 0 Å². The number of allylic oxidation sites excluding steroid dienone is 1. The minimum atomic E-state index is -1.01. The zero-order valence-corrected chi connectivity index (χ0v) is 15.3. The van der Waals surface area contributed by atoms with Crippen molar-refractivity contribution in [3.8, 4) is 11.1 Å². The third-order valence-corrected chi connectivity index (χ3v) is 5.24. The van der Waals surface area contributed by atoms with Crippen LogP contribution < -0.4 is 0 Å². The topological polar surface area (TPSA) is 0 Å². The molecule has 0 fully saturated rings. The Morgan fingerprint density at radius 3 is 2.21 bits per heavy atom. The molecule has 1 aliphatic rings. The van der Waals surface area contributed by atoms with Gasteiger partial charge in [-0.25, -0.2) is 17.6 Å². The second-order valence-electron chi connectivity index (χ2n) is 7.00. The average Bonchev–Trinajstić information content (AvgIpc) is 2.69. The summed E-state index contributed by atoms with van der Waals surface area (Å²) in [4.78, 5) is 0. The molecule has 3 aromatic rings. The normalized spacial score (nSPS) is 13.2. The highest BCUT2D eigenvalue weighted by Gasteiger charge is 2.18. The van der Waals surface area contributed by atoms with E-state index in [0.717, 1.165) is 35.3 Å². The molecule has 0 saturated carbocycles. The molecular formula is C24H18F4. The number of hydrogen-bond donors (Lipinski definition) is 0. The Bertz CT molecular complexity index is 1100. The minimum Gasteiger partial charge on any atom is -0.206 e. The van der Waals surface area contributed by atoms with E-state index in [1.54, 1.807) is 24.3 Å². The Hall–Kier alpha value is -2.88. The van der Waals surface area contributed by atoms with Crippen LogP contribution in [0.15, 0.2) is 48.5 Å². The fourth-order valence-corrected chi connectivity index (χ4v) is 3.65. The number of halogens is 4. The van der Waals surface area contributed by atoms with E-state index in [4.69, 9.17) is 0 Å². The Kier molecular flexibility index (Phi) is 4.80. The maximum atomic E-state index is 14.7. The van der Waals surface area contributed by atoms with E-state index >= 15 is 0 Å². The van der Waals surface area contributed by atoms with Crippen LogP contribution in [0.2, 0.25) is 0 Å². The summed E-state index contributed by atoms with van der Waals surface area (Å²) in [5.74, 6) is -2.77. The van der Waals surface area contributed by atoms with E-state index < -0.39 is 17.5 Å². The van der Waals surface area contributed by atoms with Crippen molar-refractivity contribution in [1.29, 1.82) is 0 Å². The van der Waals surface area contributed by atoms with E-state index in [-0.39, 0.29) is 16.9 Å². The van der Waals surface area contributed by atoms with Gasteiger partial charge < -0.3 is 0 Å². The smallest absolute Gasteiger partial charge is 0.159 e. The van der Waals surface area contributed by atoms with Crippen LogP contribution in [0.25, 0.3) is 22.8 Å². The summed E-state index contributed by atoms with van der Waals surface area (Å²) < 4.78 is 55.8. The molecule has 0 radical (unpaired) electrons. The predicted molar refractivity (Wildman–Crippen MR) is 104 cm³/mol. The summed E-state index contributed by atoms with van der Waals surface area (Å²) in [5, 5.41) is 0. The van der Waals surface area contributed by atoms with Crippen LogP contribution in [0.3, 0.4) is 0 Å². The fraction of sp³-hybridized carbons (Fsp3) is 0.167. The number of benzene rings is 3. The van der Waals surface area contributed by atoms with E-state index in [0.29, 0.717) is 24.0 Å². The van der Waals surface area contributed by atoms with Gasteiger partial charge in [-0.15, -0.1) is 0 Å². The van der Waals surface area contributed by atoms with Gasteiger partial charge in [-0.3, -0.25) is 0 Å². The first-order valence-corrected chi connectivity index (χ1v) is 9.23. The van der Waals surface area contributed by atoms with Crippen LogP contribution in [-0.4, -0.2) is 0 Å². The van der Waals surface area contributed by atoms with Crippen LogP contribution in [-0.2, 0) is 12.8 Å². The molecule has 0 aliphatic heterocycles. The Morgan fingerprint density at radius 1 is 0.714 bits per heavy atom. The van der Waals surface area contributed by atoms with Crippen molar-refractivity contribution in [3.05, 3.63) is 94.1 Å². The van der Waals surface area contributed by atoms with Crippen LogP contribution >= 0.6 is 0 Å². The molecule has 28 heavy (non-hydrogen) atoms. The Morgan fingerprint density at radius 2 is 1.50 bits per heavy atom. The summed E-state index contributed by atoms with van der Waals surface area (Å²) >= 11 is 0. The molecule has 0 amide bonds. The predicted octanol–water partition coefficient (Wildman–Crippen LogP) is 6.96.